The lowest BCUT2D eigenvalue weighted by molar-refractivity contribution is -0.886. The van der Waals surface area contributed by atoms with E-state index in [1.54, 1.807) is 20.8 Å². The molecule has 0 aliphatic rings. The molecule has 43 heavy (non-hydrogen) atoms. The molecule has 0 amide bonds. The van der Waals surface area contributed by atoms with Crippen molar-refractivity contribution in [3.63, 3.8) is 0 Å². The average molecular weight is 611 g/mol. The van der Waals surface area contributed by atoms with E-state index in [0.717, 1.165) is 19.3 Å². The standard InChI is InChI=1S/C36H67NO6/c1-5-6-7-8-9-10-11-12-13-14-15-16-17-18-19-20-21-22-23-24-25-26-27-37(28-31(2)34(38)39,29-32(3)35(40)41)30-33(4)36(42)43/h26-27,31-33H,5-25,28-30H2,1-4H3,(H2-,38,39,40,41,42,43)/p+1/b27-26+. The molecule has 0 aromatic rings. The quantitative estimate of drug-likeness (QED) is 0.0532. The number of carboxylic acid groups (broad SMARTS) is 3. The molecule has 7 heteroatoms. The van der Waals surface area contributed by atoms with Crippen LogP contribution in [0.3, 0.4) is 0 Å². The first-order valence-electron chi connectivity index (χ1n) is 17.8. The summed E-state index contributed by atoms with van der Waals surface area (Å²) in [6.07, 6.45) is 31.5. The summed E-state index contributed by atoms with van der Waals surface area (Å²) in [4.78, 5) is 34.9. The van der Waals surface area contributed by atoms with Crippen molar-refractivity contribution in [1.82, 2.24) is 0 Å². The van der Waals surface area contributed by atoms with E-state index in [9.17, 15) is 29.7 Å². The Morgan fingerprint density at radius 2 is 0.744 bits per heavy atom. The number of aliphatic carboxylic acids is 3. The molecule has 7 nitrogen and oxygen atoms in total. The molecule has 0 aliphatic carbocycles. The Morgan fingerprint density at radius 3 is 1.00 bits per heavy atom. The highest BCUT2D eigenvalue weighted by molar-refractivity contribution is 5.70. The summed E-state index contributed by atoms with van der Waals surface area (Å²) >= 11 is 0. The van der Waals surface area contributed by atoms with Gasteiger partial charge in [-0.15, -0.1) is 0 Å². The van der Waals surface area contributed by atoms with Crippen LogP contribution in [-0.2, 0) is 14.4 Å². The van der Waals surface area contributed by atoms with Gasteiger partial charge in [0.15, 0.2) is 0 Å². The predicted molar refractivity (Wildman–Crippen MR) is 177 cm³/mol. The molecule has 3 unspecified atom stereocenters. The molecule has 0 fully saturated rings. The van der Waals surface area contributed by atoms with E-state index >= 15 is 0 Å². The van der Waals surface area contributed by atoms with Crippen molar-refractivity contribution < 1.29 is 34.2 Å². The number of hydrogen-bond donors (Lipinski definition) is 3. The zero-order valence-corrected chi connectivity index (χ0v) is 28.4. The number of quaternary nitrogens is 1. The van der Waals surface area contributed by atoms with E-state index in [2.05, 4.69) is 6.92 Å². The number of carbonyl (C=O) groups is 3. The lowest BCUT2D eigenvalue weighted by Crippen LogP contribution is -2.53. The highest BCUT2D eigenvalue weighted by atomic mass is 16.4. The monoisotopic (exact) mass is 611 g/mol. The maximum atomic E-state index is 11.6. The van der Waals surface area contributed by atoms with Gasteiger partial charge < -0.3 is 15.3 Å². The van der Waals surface area contributed by atoms with Crippen molar-refractivity contribution in [2.75, 3.05) is 19.6 Å². The highest BCUT2D eigenvalue weighted by Crippen LogP contribution is 2.22. The van der Waals surface area contributed by atoms with Crippen LogP contribution in [0, 0.1) is 17.8 Å². The molecule has 252 valence electrons. The van der Waals surface area contributed by atoms with Crippen molar-refractivity contribution in [3.8, 4) is 0 Å². The smallest absolute Gasteiger partial charge is 0.311 e. The third-order valence-electron chi connectivity index (χ3n) is 8.82. The normalized spacial score (nSPS) is 15.3. The van der Waals surface area contributed by atoms with Crippen molar-refractivity contribution in [2.45, 2.75) is 163 Å². The first-order valence-corrected chi connectivity index (χ1v) is 17.8. The molecule has 3 atom stereocenters. The Balaban J connectivity index is 4.20. The molecular weight excluding hydrogens is 542 g/mol. The second kappa shape index (κ2) is 26.5. The molecule has 0 spiro atoms. The fourth-order valence-electron chi connectivity index (χ4n) is 6.09. The molecule has 0 bridgehead atoms. The van der Waals surface area contributed by atoms with Gasteiger partial charge in [-0.1, -0.05) is 129 Å². The minimum Gasteiger partial charge on any atom is -0.481 e. The van der Waals surface area contributed by atoms with Gasteiger partial charge in [-0.3, -0.25) is 18.9 Å². The molecule has 0 heterocycles. The van der Waals surface area contributed by atoms with Crippen LogP contribution in [0.4, 0.5) is 0 Å². The van der Waals surface area contributed by atoms with Gasteiger partial charge in [0.05, 0.1) is 25.8 Å². The van der Waals surface area contributed by atoms with Crippen molar-refractivity contribution in [3.05, 3.63) is 12.3 Å². The largest absolute Gasteiger partial charge is 0.481 e. The zero-order chi connectivity index (χ0) is 32.3. The number of unbranched alkanes of at least 4 members (excludes halogenated alkanes) is 20. The molecule has 0 saturated carbocycles. The molecule has 3 N–H and O–H groups in total. The van der Waals surface area contributed by atoms with Gasteiger partial charge in [0.2, 0.25) is 0 Å². The van der Waals surface area contributed by atoms with E-state index in [1.165, 1.54) is 116 Å². The lowest BCUT2D eigenvalue weighted by atomic mass is 10.0. The van der Waals surface area contributed by atoms with E-state index in [4.69, 9.17) is 0 Å². The molecule has 0 aromatic carbocycles. The zero-order valence-electron chi connectivity index (χ0n) is 28.4. The van der Waals surface area contributed by atoms with Crippen LogP contribution in [0.15, 0.2) is 12.3 Å². The molecule has 0 aliphatic heterocycles. The summed E-state index contributed by atoms with van der Waals surface area (Å²) in [5, 5.41) is 28.6. The lowest BCUT2D eigenvalue weighted by Gasteiger charge is -2.38. The fraction of sp³-hybridized carbons (Fsp3) is 0.861. The number of rotatable bonds is 31. The van der Waals surface area contributed by atoms with E-state index in [0.29, 0.717) is 0 Å². The summed E-state index contributed by atoms with van der Waals surface area (Å²) in [5.74, 6) is -5.04. The highest BCUT2D eigenvalue weighted by Gasteiger charge is 2.37. The van der Waals surface area contributed by atoms with Crippen molar-refractivity contribution in [2.24, 2.45) is 17.8 Å². The van der Waals surface area contributed by atoms with Crippen LogP contribution >= 0.6 is 0 Å². The van der Waals surface area contributed by atoms with Crippen molar-refractivity contribution >= 4 is 17.9 Å². The topological polar surface area (TPSA) is 112 Å². The predicted octanol–water partition coefficient (Wildman–Crippen LogP) is 9.69. The van der Waals surface area contributed by atoms with Crippen molar-refractivity contribution in [1.29, 1.82) is 0 Å². The molecular formula is C36H68NO6+. The Hall–Kier alpha value is -1.89. The first-order chi connectivity index (χ1) is 20.5. The van der Waals surface area contributed by atoms with Gasteiger partial charge in [0, 0.05) is 0 Å². The summed E-state index contributed by atoms with van der Waals surface area (Å²) in [6.45, 7) is 7.56. The van der Waals surface area contributed by atoms with E-state index < -0.39 is 35.7 Å². The number of hydrogen-bond acceptors (Lipinski definition) is 3. The SMILES string of the molecule is CCCCCCCCCCCCCCCCCCCCCC/C=C/[N+](CC(C)C(=O)O)(CC(C)C(=O)O)CC(C)C(=O)O. The Bertz CT molecular complexity index is 697. The number of allylic oxidation sites excluding steroid dienone is 1. The molecule has 0 radical (unpaired) electrons. The van der Waals surface area contributed by atoms with Gasteiger partial charge in [-0.25, -0.2) is 0 Å². The van der Waals surface area contributed by atoms with Gasteiger partial charge in [-0.05, 0) is 39.7 Å². The minimum absolute atomic E-state index is 0.0492. The third kappa shape index (κ3) is 23.2. The van der Waals surface area contributed by atoms with Crippen LogP contribution in [0.1, 0.15) is 163 Å². The number of nitrogens with zero attached hydrogens (tertiary/aromatic N) is 1. The van der Waals surface area contributed by atoms with Crippen LogP contribution in [-0.4, -0.2) is 57.3 Å². The van der Waals surface area contributed by atoms with Gasteiger partial charge >= 0.3 is 17.9 Å². The summed E-state index contributed by atoms with van der Waals surface area (Å²) in [7, 11) is 0. The molecule has 0 aromatic heterocycles. The second-order valence-electron chi connectivity index (χ2n) is 13.4. The van der Waals surface area contributed by atoms with Gasteiger partial charge in [0.25, 0.3) is 0 Å². The third-order valence-corrected chi connectivity index (χ3v) is 8.82. The average Bonchev–Trinajstić information content (AvgIpc) is 2.95. The second-order valence-corrected chi connectivity index (χ2v) is 13.4. The van der Waals surface area contributed by atoms with Crippen LogP contribution in [0.2, 0.25) is 0 Å². The van der Waals surface area contributed by atoms with E-state index in [1.807, 2.05) is 12.3 Å². The van der Waals surface area contributed by atoms with Crippen LogP contribution < -0.4 is 0 Å². The van der Waals surface area contributed by atoms with E-state index in [-0.39, 0.29) is 24.1 Å². The molecule has 0 rings (SSSR count). The summed E-state index contributed by atoms with van der Waals surface area (Å²) in [6, 6.07) is 0. The Morgan fingerprint density at radius 1 is 0.488 bits per heavy atom. The number of carboxylic acids is 3. The fourth-order valence-corrected chi connectivity index (χ4v) is 6.09. The summed E-state index contributed by atoms with van der Waals surface area (Å²) in [5.41, 5.74) is 0. The van der Waals surface area contributed by atoms with Gasteiger partial charge in [-0.2, -0.15) is 0 Å². The maximum absolute atomic E-state index is 11.6. The Kier molecular flexibility index (Phi) is 25.3. The van der Waals surface area contributed by atoms with Crippen LogP contribution in [0.25, 0.3) is 0 Å². The maximum Gasteiger partial charge on any atom is 0.311 e. The van der Waals surface area contributed by atoms with Crippen LogP contribution in [0.5, 0.6) is 0 Å². The first kappa shape index (κ1) is 41.1. The molecule has 0 saturated heterocycles. The van der Waals surface area contributed by atoms with Gasteiger partial charge in [0.1, 0.15) is 17.8 Å². The Labute approximate surface area is 264 Å². The summed E-state index contributed by atoms with van der Waals surface area (Å²) < 4.78 is 0.0492. The minimum atomic E-state index is -0.962.